The van der Waals surface area contributed by atoms with Gasteiger partial charge in [-0.25, -0.2) is 0 Å². The Kier molecular flexibility index (Phi) is 3.81. The van der Waals surface area contributed by atoms with Crippen LogP contribution in [0.3, 0.4) is 0 Å². The minimum absolute atomic E-state index is 1.12. The molecule has 0 atom stereocenters. The highest BCUT2D eigenvalue weighted by Gasteiger charge is 2.20. The summed E-state index contributed by atoms with van der Waals surface area (Å²) < 4.78 is 0. The van der Waals surface area contributed by atoms with Gasteiger partial charge in [-0.15, -0.1) is 0 Å². The monoisotopic (exact) mass is 398 g/mol. The van der Waals surface area contributed by atoms with Crippen molar-refractivity contribution in [2.45, 2.75) is 27.5 Å². The van der Waals surface area contributed by atoms with E-state index in [2.05, 4.69) is 83.4 Å². The molecule has 2 N–H and O–H groups in total. The van der Waals surface area contributed by atoms with Gasteiger partial charge in [-0.2, -0.15) is 0 Å². The van der Waals surface area contributed by atoms with Crippen LogP contribution in [0.25, 0.3) is 11.1 Å². The molecule has 0 radical (unpaired) electrons. The first-order chi connectivity index (χ1) is 13.8. The fourth-order valence-corrected chi connectivity index (χ4v) is 5.85. The molecule has 0 unspecified atom stereocenters. The van der Waals surface area contributed by atoms with E-state index in [1.165, 1.54) is 53.5 Å². The van der Waals surface area contributed by atoms with Crippen LogP contribution in [0.1, 0.15) is 12.8 Å². The lowest BCUT2D eigenvalue weighted by molar-refractivity contribution is 1.01. The number of hydrogen-bond acceptors (Lipinski definition) is 4. The number of rotatable bonds is 1. The van der Waals surface area contributed by atoms with Gasteiger partial charge in [0.05, 0.1) is 17.1 Å². The minimum Gasteiger partial charge on any atom is -0.354 e. The summed E-state index contributed by atoms with van der Waals surface area (Å²) in [4.78, 5) is 5.22. The van der Waals surface area contributed by atoms with Crippen molar-refractivity contribution in [1.82, 2.24) is 0 Å². The number of benzene rings is 3. The smallest absolute Gasteiger partial charge is 0.0532 e. The van der Waals surface area contributed by atoms with Crippen LogP contribution >= 0.6 is 23.5 Å². The molecule has 136 valence electrons. The summed E-state index contributed by atoms with van der Waals surface area (Å²) in [6.07, 6.45) is 6.92. The molecule has 3 aromatic carbocycles. The van der Waals surface area contributed by atoms with Gasteiger partial charge in [0.25, 0.3) is 0 Å². The van der Waals surface area contributed by atoms with Gasteiger partial charge >= 0.3 is 0 Å². The van der Waals surface area contributed by atoms with Crippen LogP contribution in [-0.4, -0.2) is 0 Å². The first-order valence-electron chi connectivity index (χ1n) is 9.51. The third-order valence-corrected chi connectivity index (χ3v) is 7.60. The van der Waals surface area contributed by atoms with Crippen molar-refractivity contribution in [3.63, 3.8) is 0 Å². The molecule has 3 aliphatic rings. The molecular weight excluding hydrogens is 380 g/mol. The van der Waals surface area contributed by atoms with Crippen LogP contribution < -0.4 is 10.6 Å². The Balaban J connectivity index is 1.36. The van der Waals surface area contributed by atoms with Gasteiger partial charge in [0.1, 0.15) is 0 Å². The number of para-hydroxylation sites is 1. The third kappa shape index (κ3) is 2.76. The normalized spacial score (nSPS) is 16.3. The molecule has 2 nitrogen and oxygen atoms in total. The number of fused-ring (bicyclic) bond motifs is 4. The molecule has 6 rings (SSSR count). The number of anilines is 3. The summed E-state index contributed by atoms with van der Waals surface area (Å²) in [7, 11) is 0. The Morgan fingerprint density at radius 3 is 2.14 bits per heavy atom. The van der Waals surface area contributed by atoms with Gasteiger partial charge in [0, 0.05) is 25.3 Å². The lowest BCUT2D eigenvalue weighted by Crippen LogP contribution is -2.09. The second-order valence-corrected chi connectivity index (χ2v) is 9.30. The van der Waals surface area contributed by atoms with E-state index < -0.39 is 0 Å². The first-order valence-corrected chi connectivity index (χ1v) is 11.1. The summed E-state index contributed by atoms with van der Waals surface area (Å²) in [5, 5.41) is 7.23. The van der Waals surface area contributed by atoms with Crippen molar-refractivity contribution in [2.75, 3.05) is 10.6 Å². The SMILES string of the molecule is C1=C2Nc3cc(-c4ccc5c(c4)Nc4ccccc4S5)ccc3SC2=CCC1. The van der Waals surface area contributed by atoms with Crippen molar-refractivity contribution in [2.24, 2.45) is 0 Å². The summed E-state index contributed by atoms with van der Waals surface area (Å²) in [5.41, 5.74) is 7.31. The van der Waals surface area contributed by atoms with E-state index in [0.717, 1.165) is 12.8 Å². The maximum absolute atomic E-state index is 3.64. The van der Waals surface area contributed by atoms with Crippen LogP contribution in [0.4, 0.5) is 17.1 Å². The molecule has 0 aromatic heterocycles. The van der Waals surface area contributed by atoms with Crippen molar-refractivity contribution >= 4 is 40.6 Å². The van der Waals surface area contributed by atoms with Crippen molar-refractivity contribution in [3.8, 4) is 11.1 Å². The minimum atomic E-state index is 1.12. The van der Waals surface area contributed by atoms with Crippen molar-refractivity contribution < 1.29 is 0 Å². The predicted molar refractivity (Wildman–Crippen MR) is 121 cm³/mol. The molecule has 0 bridgehead atoms. The first kappa shape index (κ1) is 16.4. The summed E-state index contributed by atoms with van der Waals surface area (Å²) >= 11 is 3.70. The van der Waals surface area contributed by atoms with Gasteiger partial charge in [-0.3, -0.25) is 0 Å². The summed E-state index contributed by atoms with van der Waals surface area (Å²) in [6.45, 7) is 0. The maximum Gasteiger partial charge on any atom is 0.0532 e. The largest absolute Gasteiger partial charge is 0.354 e. The number of nitrogens with one attached hydrogen (secondary N) is 2. The molecule has 2 aliphatic heterocycles. The number of thioether (sulfide) groups is 1. The fourth-order valence-electron chi connectivity index (χ4n) is 3.84. The zero-order valence-electron chi connectivity index (χ0n) is 15.2. The highest BCUT2D eigenvalue weighted by atomic mass is 32.2. The Hall–Kier alpha value is -2.56. The van der Waals surface area contributed by atoms with Crippen LogP contribution in [0.2, 0.25) is 0 Å². The van der Waals surface area contributed by atoms with Crippen LogP contribution in [0, 0.1) is 0 Å². The van der Waals surface area contributed by atoms with Crippen LogP contribution in [0.5, 0.6) is 0 Å². The number of allylic oxidation sites excluding steroid dienone is 2. The topological polar surface area (TPSA) is 24.1 Å². The molecular formula is C24H18N2S2. The van der Waals surface area contributed by atoms with Gasteiger partial charge < -0.3 is 10.6 Å². The van der Waals surface area contributed by atoms with E-state index in [1.54, 1.807) is 0 Å². The van der Waals surface area contributed by atoms with E-state index in [9.17, 15) is 0 Å². The Morgan fingerprint density at radius 2 is 1.29 bits per heavy atom. The fraction of sp³-hybridized carbons (Fsp3) is 0.0833. The highest BCUT2D eigenvalue weighted by Crippen LogP contribution is 2.47. The van der Waals surface area contributed by atoms with Crippen molar-refractivity contribution in [1.29, 1.82) is 0 Å². The number of hydrogen-bond donors (Lipinski definition) is 2. The van der Waals surface area contributed by atoms with E-state index in [-0.39, 0.29) is 0 Å². The van der Waals surface area contributed by atoms with Gasteiger partial charge in [0.15, 0.2) is 0 Å². The van der Waals surface area contributed by atoms with E-state index >= 15 is 0 Å². The molecule has 3 aromatic rings. The zero-order chi connectivity index (χ0) is 18.5. The molecule has 0 fully saturated rings. The summed E-state index contributed by atoms with van der Waals surface area (Å²) in [5.74, 6) is 0. The molecule has 28 heavy (non-hydrogen) atoms. The Bertz CT molecular complexity index is 1180. The van der Waals surface area contributed by atoms with Crippen LogP contribution in [-0.2, 0) is 0 Å². The Morgan fingerprint density at radius 1 is 0.607 bits per heavy atom. The molecule has 0 amide bonds. The van der Waals surface area contributed by atoms with E-state index in [0.29, 0.717) is 0 Å². The second-order valence-electron chi connectivity index (χ2n) is 7.14. The second kappa shape index (κ2) is 6.50. The average molecular weight is 399 g/mol. The van der Waals surface area contributed by atoms with E-state index in [1.807, 2.05) is 23.5 Å². The highest BCUT2D eigenvalue weighted by molar-refractivity contribution is 8.03. The zero-order valence-corrected chi connectivity index (χ0v) is 16.8. The average Bonchev–Trinajstić information content (AvgIpc) is 2.75. The standard InChI is InChI=1S/C24H18N2S2/c1-3-7-21-17(5-1)25-19-13-15(9-11-23(19)27-21)16-10-12-24-20(14-16)26-18-6-2-4-8-22(18)28-24/h1,3,5-14,25-26H,2,4H2. The lowest BCUT2D eigenvalue weighted by atomic mass is 10.0. The molecule has 0 saturated carbocycles. The van der Waals surface area contributed by atoms with Gasteiger partial charge in [-0.1, -0.05) is 59.9 Å². The summed E-state index contributed by atoms with van der Waals surface area (Å²) in [6, 6.07) is 21.9. The molecule has 4 heteroatoms. The third-order valence-electron chi connectivity index (χ3n) is 5.27. The molecule has 0 spiro atoms. The molecule has 2 heterocycles. The molecule has 1 aliphatic carbocycles. The van der Waals surface area contributed by atoms with E-state index in [4.69, 9.17) is 0 Å². The lowest BCUT2D eigenvalue weighted by Gasteiger charge is -2.26. The molecule has 0 saturated heterocycles. The van der Waals surface area contributed by atoms with Crippen LogP contribution in [0.15, 0.2) is 98.1 Å². The van der Waals surface area contributed by atoms with Gasteiger partial charge in [0.2, 0.25) is 0 Å². The Labute approximate surface area is 173 Å². The quantitative estimate of drug-likeness (QED) is 0.344. The van der Waals surface area contributed by atoms with Crippen molar-refractivity contribution in [3.05, 3.63) is 83.4 Å². The predicted octanol–water partition coefficient (Wildman–Crippen LogP) is 7.64. The van der Waals surface area contributed by atoms with Gasteiger partial charge in [-0.05, 0) is 60.4 Å². The maximum atomic E-state index is 3.64.